The molecule has 1 N–H and O–H groups in total. The van der Waals surface area contributed by atoms with Gasteiger partial charge in [-0.25, -0.2) is 14.8 Å². The zero-order valence-corrected chi connectivity index (χ0v) is 28.1. The highest BCUT2D eigenvalue weighted by atomic mass is 32.2. The number of hydrogen-bond acceptors (Lipinski definition) is 9. The largest absolute Gasteiger partial charge is 0.444 e. The molecule has 0 saturated heterocycles. The Hall–Kier alpha value is -3.84. The van der Waals surface area contributed by atoms with E-state index in [0.717, 1.165) is 54.1 Å². The molecular weight excluding hydrogens is 606 g/mol. The number of carbonyl (C=O) groups is 2. The van der Waals surface area contributed by atoms with Crippen LogP contribution in [0.3, 0.4) is 0 Å². The van der Waals surface area contributed by atoms with Gasteiger partial charge in [0.1, 0.15) is 11.4 Å². The van der Waals surface area contributed by atoms with Crippen LogP contribution >= 0.6 is 0 Å². The maximum absolute atomic E-state index is 12.9. The summed E-state index contributed by atoms with van der Waals surface area (Å²) in [4.78, 5) is 38.7. The number of carbonyl (C=O) groups excluding carboxylic acids is 2. The first kappa shape index (κ1) is 30.8. The molecule has 46 heavy (non-hydrogen) atoms. The third-order valence-electron chi connectivity index (χ3n) is 9.30. The number of nitrogens with zero attached hydrogens (tertiary/aromatic N) is 6. The maximum atomic E-state index is 12.9. The Morgan fingerprint density at radius 1 is 1.17 bits per heavy atom. The lowest BCUT2D eigenvalue weighted by atomic mass is 9.74. The molecule has 2 aromatic heterocycles. The predicted octanol–water partition coefficient (Wildman–Crippen LogP) is 4.35. The van der Waals surface area contributed by atoms with Crippen molar-refractivity contribution in [2.24, 2.45) is 5.92 Å². The van der Waals surface area contributed by atoms with Crippen molar-refractivity contribution in [2.75, 3.05) is 37.1 Å². The van der Waals surface area contributed by atoms with Gasteiger partial charge in [0.15, 0.2) is 5.69 Å². The SMILES string of the molecule is CN(C)C(=O)c1cc2n(n1)CCCN(c1nc(S(C)=O)nc3c1COC1(C3)CC3CC3c3ccc(NC(=O)OC(C)(C)C)cc31)C2. The average molecular weight is 648 g/mol. The first-order valence-electron chi connectivity index (χ1n) is 15.9. The lowest BCUT2D eigenvalue weighted by Gasteiger charge is -2.43. The van der Waals surface area contributed by atoms with Gasteiger partial charge in [-0.3, -0.25) is 19.0 Å². The van der Waals surface area contributed by atoms with E-state index >= 15 is 0 Å². The van der Waals surface area contributed by atoms with Gasteiger partial charge in [0.25, 0.3) is 5.91 Å². The smallest absolute Gasteiger partial charge is 0.412 e. The summed E-state index contributed by atoms with van der Waals surface area (Å²) in [6.07, 6.45) is 4.40. The second-order valence-corrected chi connectivity index (χ2v) is 15.4. The monoisotopic (exact) mass is 647 g/mol. The zero-order valence-electron chi connectivity index (χ0n) is 27.3. The van der Waals surface area contributed by atoms with Gasteiger partial charge >= 0.3 is 6.09 Å². The van der Waals surface area contributed by atoms with Crippen molar-refractivity contribution in [3.63, 3.8) is 0 Å². The molecule has 244 valence electrons. The van der Waals surface area contributed by atoms with Gasteiger partial charge < -0.3 is 19.3 Å². The molecule has 2 aliphatic carbocycles. The lowest BCUT2D eigenvalue weighted by molar-refractivity contribution is -0.0875. The molecule has 0 bridgehead atoms. The van der Waals surface area contributed by atoms with E-state index < -0.39 is 28.1 Å². The van der Waals surface area contributed by atoms with Crippen LogP contribution in [-0.4, -0.2) is 73.4 Å². The molecular formula is C33H41N7O5S. The van der Waals surface area contributed by atoms with Crippen molar-refractivity contribution in [1.82, 2.24) is 24.6 Å². The number of aryl methyl sites for hydroxylation is 1. The Morgan fingerprint density at radius 2 is 1.98 bits per heavy atom. The van der Waals surface area contributed by atoms with E-state index in [9.17, 15) is 13.8 Å². The van der Waals surface area contributed by atoms with Crippen molar-refractivity contribution >= 4 is 34.3 Å². The molecule has 13 heteroatoms. The van der Waals surface area contributed by atoms with E-state index in [0.29, 0.717) is 54.5 Å². The molecule has 1 spiro atoms. The van der Waals surface area contributed by atoms with Gasteiger partial charge in [-0.2, -0.15) is 5.10 Å². The molecule has 4 unspecified atom stereocenters. The minimum atomic E-state index is -1.40. The molecule has 4 aliphatic rings. The molecule has 1 aromatic carbocycles. The molecule has 7 rings (SSSR count). The molecule has 4 atom stereocenters. The van der Waals surface area contributed by atoms with Crippen molar-refractivity contribution in [3.05, 3.63) is 58.0 Å². The number of rotatable bonds is 4. The second-order valence-electron chi connectivity index (χ2n) is 14.1. The summed E-state index contributed by atoms with van der Waals surface area (Å²) >= 11 is 0. The van der Waals surface area contributed by atoms with Crippen LogP contribution in [0.25, 0.3) is 0 Å². The van der Waals surface area contributed by atoms with Crippen molar-refractivity contribution in [3.8, 4) is 0 Å². The van der Waals surface area contributed by atoms with Crippen LogP contribution in [0.5, 0.6) is 0 Å². The minimum absolute atomic E-state index is 0.135. The molecule has 1 fully saturated rings. The topological polar surface area (TPSA) is 132 Å². The standard InChI is InChI=1S/C33H41N7O5S/c1-32(2,3)45-31(42)34-20-8-9-22-23-12-19(23)15-33(25(22)13-20)16-27-24(18-44-33)28(36-30(35-27)46(6)43)39-10-7-11-40-21(17-39)14-26(37-40)29(41)38(4)5/h8-9,13-14,19,23H,7,10-12,15-18H2,1-6H3,(H,34,42). The molecule has 2 aliphatic heterocycles. The van der Waals surface area contributed by atoms with Crippen molar-refractivity contribution in [1.29, 1.82) is 0 Å². The summed E-state index contributed by atoms with van der Waals surface area (Å²) in [5.41, 5.74) is 4.85. The molecule has 3 aromatic rings. The lowest BCUT2D eigenvalue weighted by Crippen LogP contribution is -2.41. The number of nitrogens with one attached hydrogen (secondary N) is 1. The van der Waals surface area contributed by atoms with Gasteiger partial charge in [-0.05, 0) is 81.2 Å². The van der Waals surface area contributed by atoms with Crippen LogP contribution in [-0.2, 0) is 52.0 Å². The van der Waals surface area contributed by atoms with E-state index in [1.54, 1.807) is 20.4 Å². The number of benzene rings is 1. The zero-order chi connectivity index (χ0) is 32.5. The highest BCUT2D eigenvalue weighted by Gasteiger charge is 2.54. The van der Waals surface area contributed by atoms with Gasteiger partial charge in [0, 0.05) is 51.1 Å². The number of hydrogen-bond donors (Lipinski definition) is 1. The minimum Gasteiger partial charge on any atom is -0.444 e. The predicted molar refractivity (Wildman–Crippen MR) is 172 cm³/mol. The fraction of sp³-hybridized carbons (Fsp3) is 0.545. The van der Waals surface area contributed by atoms with Gasteiger partial charge in [0.2, 0.25) is 5.16 Å². The molecule has 0 radical (unpaired) electrons. The Morgan fingerprint density at radius 3 is 2.72 bits per heavy atom. The Kier molecular flexibility index (Phi) is 7.46. The van der Waals surface area contributed by atoms with Crippen LogP contribution in [0, 0.1) is 5.92 Å². The van der Waals surface area contributed by atoms with Crippen molar-refractivity contribution in [2.45, 2.75) is 88.4 Å². The quantitative estimate of drug-likeness (QED) is 0.411. The normalized spacial score (nSPS) is 23.7. The van der Waals surface area contributed by atoms with Gasteiger partial charge in [-0.15, -0.1) is 0 Å². The summed E-state index contributed by atoms with van der Waals surface area (Å²) in [5.74, 6) is 1.61. The summed E-state index contributed by atoms with van der Waals surface area (Å²) in [6, 6.07) is 7.93. The summed E-state index contributed by atoms with van der Waals surface area (Å²) in [5, 5.41) is 7.79. The van der Waals surface area contributed by atoms with E-state index in [1.807, 2.05) is 43.7 Å². The fourth-order valence-corrected chi connectivity index (χ4v) is 7.61. The van der Waals surface area contributed by atoms with Crippen LogP contribution < -0.4 is 10.2 Å². The van der Waals surface area contributed by atoms with Crippen LogP contribution in [0.1, 0.15) is 84.5 Å². The van der Waals surface area contributed by atoms with E-state index in [4.69, 9.17) is 19.4 Å². The number of ether oxygens (including phenoxy) is 2. The van der Waals surface area contributed by atoms with Gasteiger partial charge in [0.05, 0.1) is 40.9 Å². The third kappa shape index (κ3) is 5.68. The summed E-state index contributed by atoms with van der Waals surface area (Å²) in [7, 11) is 2.04. The molecule has 1 saturated carbocycles. The summed E-state index contributed by atoms with van der Waals surface area (Å²) in [6.45, 7) is 7.73. The first-order valence-corrected chi connectivity index (χ1v) is 17.4. The first-order chi connectivity index (χ1) is 21.8. The number of fused-ring (bicyclic) bond motifs is 6. The van der Waals surface area contributed by atoms with Gasteiger partial charge in [-0.1, -0.05) is 6.07 Å². The second kappa shape index (κ2) is 11.2. The van der Waals surface area contributed by atoms with Crippen molar-refractivity contribution < 1.29 is 23.3 Å². The third-order valence-corrected chi connectivity index (χ3v) is 9.99. The molecule has 4 heterocycles. The fourth-order valence-electron chi connectivity index (χ4n) is 7.15. The number of anilines is 2. The molecule has 2 amide bonds. The highest BCUT2D eigenvalue weighted by Crippen LogP contribution is 2.62. The highest BCUT2D eigenvalue weighted by molar-refractivity contribution is 7.84. The van der Waals surface area contributed by atoms with Crippen LogP contribution in [0.4, 0.5) is 16.3 Å². The van der Waals surface area contributed by atoms with Crippen LogP contribution in [0.2, 0.25) is 0 Å². The maximum Gasteiger partial charge on any atom is 0.412 e. The van der Waals surface area contributed by atoms with E-state index in [1.165, 1.54) is 10.5 Å². The van der Waals surface area contributed by atoms with E-state index in [-0.39, 0.29) is 5.91 Å². The summed E-state index contributed by atoms with van der Waals surface area (Å²) < 4.78 is 27.2. The number of amides is 2. The Balaban J connectivity index is 1.23. The number of aromatic nitrogens is 4. The Bertz CT molecular complexity index is 1770. The van der Waals surface area contributed by atoms with E-state index in [2.05, 4.69) is 21.4 Å². The average Bonchev–Trinajstić information content (AvgIpc) is 3.69. The van der Waals surface area contributed by atoms with Crippen LogP contribution in [0.15, 0.2) is 29.4 Å². The molecule has 12 nitrogen and oxygen atoms in total. The Labute approximate surface area is 271 Å².